The highest BCUT2D eigenvalue weighted by molar-refractivity contribution is 6.39. The smallest absolute Gasteiger partial charge is 0.313 e. The number of aromatic nitrogens is 2. The number of imidazole rings is 1. The van der Waals surface area contributed by atoms with Gasteiger partial charge in [-0.1, -0.05) is 6.07 Å². The summed E-state index contributed by atoms with van der Waals surface area (Å²) in [6, 6.07) is 5.40. The number of fused-ring (bicyclic) bond motifs is 1. The van der Waals surface area contributed by atoms with Crippen LogP contribution in [0.15, 0.2) is 30.5 Å². The molecule has 0 fully saturated rings. The van der Waals surface area contributed by atoms with E-state index in [1.165, 1.54) is 24.3 Å². The highest BCUT2D eigenvalue weighted by atomic mass is 16.6. The van der Waals surface area contributed by atoms with Crippen molar-refractivity contribution >= 4 is 23.2 Å². The zero-order valence-corrected chi connectivity index (χ0v) is 13.4. The molecule has 0 atom stereocenters. The molecule has 0 saturated heterocycles. The average Bonchev–Trinajstić information content (AvgIpc) is 3.02. The van der Waals surface area contributed by atoms with Gasteiger partial charge in [0.25, 0.3) is 5.69 Å². The number of nitro benzene ring substituents is 1. The maximum absolute atomic E-state index is 11.9. The largest absolute Gasteiger partial charge is 0.342 e. The Labute approximate surface area is 143 Å². The molecule has 1 aliphatic heterocycles. The van der Waals surface area contributed by atoms with Gasteiger partial charge in [0, 0.05) is 37.0 Å². The number of anilines is 1. The number of benzene rings is 1. The molecule has 0 bridgehead atoms. The molecule has 2 heterocycles. The normalized spacial score (nSPS) is 13.0. The lowest BCUT2D eigenvalue weighted by Gasteiger charge is -2.11. The van der Waals surface area contributed by atoms with Gasteiger partial charge in [-0.15, -0.1) is 0 Å². The van der Waals surface area contributed by atoms with Gasteiger partial charge in [-0.05, 0) is 18.9 Å². The van der Waals surface area contributed by atoms with Gasteiger partial charge in [0.2, 0.25) is 0 Å². The highest BCUT2D eigenvalue weighted by Crippen LogP contribution is 2.17. The summed E-state index contributed by atoms with van der Waals surface area (Å²) in [5.41, 5.74) is 0.724. The van der Waals surface area contributed by atoms with E-state index in [0.717, 1.165) is 31.6 Å². The van der Waals surface area contributed by atoms with E-state index in [9.17, 15) is 19.7 Å². The number of carbonyl (C=O) groups excluding carboxylic acids is 2. The molecule has 0 radical (unpaired) electrons. The summed E-state index contributed by atoms with van der Waals surface area (Å²) in [5.74, 6) is -0.710. The number of amides is 2. The second-order valence-electron chi connectivity index (χ2n) is 5.74. The summed E-state index contributed by atoms with van der Waals surface area (Å²) in [4.78, 5) is 38.4. The van der Waals surface area contributed by atoms with Crippen LogP contribution >= 0.6 is 0 Å². The van der Waals surface area contributed by atoms with Crippen molar-refractivity contribution in [3.8, 4) is 0 Å². The second-order valence-corrected chi connectivity index (χ2v) is 5.74. The third-order valence-electron chi connectivity index (χ3n) is 3.91. The number of rotatable bonds is 4. The molecule has 2 N–H and O–H groups in total. The Balaban J connectivity index is 1.56. The summed E-state index contributed by atoms with van der Waals surface area (Å²) < 4.78 is 2.06. The summed E-state index contributed by atoms with van der Waals surface area (Å²) in [6.07, 6.45) is 5.02. The van der Waals surface area contributed by atoms with Crippen LogP contribution in [0.4, 0.5) is 11.4 Å². The first-order valence-corrected chi connectivity index (χ1v) is 7.91. The van der Waals surface area contributed by atoms with Crippen molar-refractivity contribution in [2.75, 3.05) is 5.32 Å². The molecule has 130 valence electrons. The zero-order chi connectivity index (χ0) is 17.8. The zero-order valence-electron chi connectivity index (χ0n) is 13.4. The minimum absolute atomic E-state index is 0.154. The lowest BCUT2D eigenvalue weighted by Crippen LogP contribution is -2.35. The molecule has 1 aliphatic rings. The first kappa shape index (κ1) is 16.6. The minimum atomic E-state index is -0.885. The van der Waals surface area contributed by atoms with Gasteiger partial charge in [0.05, 0.1) is 17.2 Å². The van der Waals surface area contributed by atoms with Gasteiger partial charge in [0.15, 0.2) is 0 Å². The number of nitrogens with one attached hydrogen (secondary N) is 2. The van der Waals surface area contributed by atoms with Crippen molar-refractivity contribution in [1.29, 1.82) is 0 Å². The molecule has 3 rings (SSSR count). The van der Waals surface area contributed by atoms with E-state index in [0.29, 0.717) is 5.69 Å². The van der Waals surface area contributed by atoms with Crippen molar-refractivity contribution in [3.05, 3.63) is 52.1 Å². The van der Waals surface area contributed by atoms with Crippen LogP contribution in [0.5, 0.6) is 0 Å². The van der Waals surface area contributed by atoms with E-state index < -0.39 is 16.7 Å². The standard InChI is InChI=1S/C16H17N5O4/c22-15(16(23)19-11-4-3-5-13(8-11)21(24)25)17-9-12-10-20-7-2-1-6-14(20)18-12/h3-5,8,10H,1-2,6-7,9H2,(H,17,22)(H,19,23). The molecule has 1 aromatic carbocycles. The molecule has 9 heteroatoms. The van der Waals surface area contributed by atoms with Crippen LogP contribution in [0.1, 0.15) is 24.4 Å². The fraction of sp³-hybridized carbons (Fsp3) is 0.312. The Bertz CT molecular complexity index is 806. The number of hydrogen-bond acceptors (Lipinski definition) is 5. The fourth-order valence-corrected chi connectivity index (χ4v) is 2.69. The van der Waals surface area contributed by atoms with E-state index >= 15 is 0 Å². The van der Waals surface area contributed by atoms with Crippen LogP contribution in [-0.2, 0) is 29.1 Å². The van der Waals surface area contributed by atoms with Gasteiger partial charge in [-0.2, -0.15) is 0 Å². The van der Waals surface area contributed by atoms with E-state index in [4.69, 9.17) is 0 Å². The van der Waals surface area contributed by atoms with Crippen molar-refractivity contribution in [1.82, 2.24) is 14.9 Å². The Morgan fingerprint density at radius 2 is 2.12 bits per heavy atom. The topological polar surface area (TPSA) is 119 Å². The molecule has 0 aliphatic carbocycles. The Kier molecular flexibility index (Phi) is 4.73. The molecule has 0 unspecified atom stereocenters. The van der Waals surface area contributed by atoms with Gasteiger partial charge < -0.3 is 15.2 Å². The quantitative estimate of drug-likeness (QED) is 0.494. The van der Waals surface area contributed by atoms with Crippen molar-refractivity contribution < 1.29 is 14.5 Å². The van der Waals surface area contributed by atoms with Crippen LogP contribution in [0.2, 0.25) is 0 Å². The Morgan fingerprint density at radius 1 is 1.28 bits per heavy atom. The third-order valence-corrected chi connectivity index (χ3v) is 3.91. The monoisotopic (exact) mass is 343 g/mol. The second kappa shape index (κ2) is 7.12. The maximum atomic E-state index is 11.9. The summed E-state index contributed by atoms with van der Waals surface area (Å²) in [6.45, 7) is 1.07. The predicted octanol–water partition coefficient (Wildman–Crippen LogP) is 1.38. The number of nitro groups is 1. The summed E-state index contributed by atoms with van der Waals surface area (Å²) >= 11 is 0. The fourth-order valence-electron chi connectivity index (χ4n) is 2.69. The lowest BCUT2D eigenvalue weighted by molar-refractivity contribution is -0.384. The van der Waals surface area contributed by atoms with E-state index in [2.05, 4.69) is 20.2 Å². The lowest BCUT2D eigenvalue weighted by atomic mass is 10.2. The Morgan fingerprint density at radius 3 is 2.88 bits per heavy atom. The number of hydrogen-bond donors (Lipinski definition) is 2. The van der Waals surface area contributed by atoms with Gasteiger partial charge in [-0.25, -0.2) is 4.98 Å². The van der Waals surface area contributed by atoms with Crippen molar-refractivity contribution in [2.24, 2.45) is 0 Å². The molecule has 0 saturated carbocycles. The summed E-state index contributed by atoms with van der Waals surface area (Å²) in [5, 5.41) is 15.6. The van der Waals surface area contributed by atoms with Crippen LogP contribution in [-0.4, -0.2) is 26.3 Å². The summed E-state index contributed by atoms with van der Waals surface area (Å²) in [7, 11) is 0. The number of non-ortho nitro benzene ring substituents is 1. The molecule has 2 amide bonds. The van der Waals surface area contributed by atoms with Crippen molar-refractivity contribution in [3.63, 3.8) is 0 Å². The van der Waals surface area contributed by atoms with Gasteiger partial charge >= 0.3 is 11.8 Å². The Hall–Kier alpha value is -3.23. The molecule has 9 nitrogen and oxygen atoms in total. The predicted molar refractivity (Wildman–Crippen MR) is 88.7 cm³/mol. The van der Waals surface area contributed by atoms with Crippen LogP contribution in [0.3, 0.4) is 0 Å². The molecule has 2 aromatic rings. The first-order chi connectivity index (χ1) is 12.0. The minimum Gasteiger partial charge on any atom is -0.342 e. The number of aryl methyl sites for hydroxylation is 2. The SMILES string of the molecule is O=C(NCc1cn2c(n1)CCCC2)C(=O)Nc1cccc([N+](=O)[O-])c1. The van der Waals surface area contributed by atoms with Crippen LogP contribution in [0, 0.1) is 10.1 Å². The molecular weight excluding hydrogens is 326 g/mol. The van der Waals surface area contributed by atoms with E-state index in [1.54, 1.807) is 0 Å². The molecular formula is C16H17N5O4. The molecule has 1 aromatic heterocycles. The highest BCUT2D eigenvalue weighted by Gasteiger charge is 2.17. The van der Waals surface area contributed by atoms with Crippen LogP contribution < -0.4 is 10.6 Å². The van der Waals surface area contributed by atoms with Crippen LogP contribution in [0.25, 0.3) is 0 Å². The molecule has 0 spiro atoms. The van der Waals surface area contributed by atoms with Gasteiger partial charge in [0.1, 0.15) is 5.82 Å². The van der Waals surface area contributed by atoms with Crippen molar-refractivity contribution in [2.45, 2.75) is 32.4 Å². The number of nitrogens with zero attached hydrogens (tertiary/aromatic N) is 3. The molecule has 25 heavy (non-hydrogen) atoms. The maximum Gasteiger partial charge on any atom is 0.313 e. The van der Waals surface area contributed by atoms with E-state index in [1.807, 2.05) is 6.20 Å². The van der Waals surface area contributed by atoms with Gasteiger partial charge in [-0.3, -0.25) is 19.7 Å². The number of carbonyl (C=O) groups is 2. The third kappa shape index (κ3) is 4.00. The van der Waals surface area contributed by atoms with E-state index in [-0.39, 0.29) is 17.9 Å². The first-order valence-electron chi connectivity index (χ1n) is 7.91. The average molecular weight is 343 g/mol.